The first kappa shape index (κ1) is 29.2. The average Bonchev–Trinajstić information content (AvgIpc) is 3.59. The first-order valence-electron chi connectivity index (χ1n) is 17.5. The Morgan fingerprint density at radius 3 is 1.25 bits per heavy atom. The van der Waals surface area contributed by atoms with Crippen molar-refractivity contribution >= 4 is 43.5 Å². The number of benzene rings is 9. The number of fused-ring (bicyclic) bond motifs is 5. The van der Waals surface area contributed by atoms with Gasteiger partial charge in [-0.2, -0.15) is 0 Å². The molecule has 0 aliphatic heterocycles. The SMILES string of the molecule is c1ccc(-c2ccccc2-c2ccc3oc4ccccc4c3c2-c2ccc(-c3c4ccccc4c(-c4ccccc4)c4ccccc34)cc2)cc1. The molecule has 1 heterocycles. The van der Waals surface area contributed by atoms with Crippen molar-refractivity contribution in [1.29, 1.82) is 0 Å². The Kier molecular flexibility index (Phi) is 6.89. The summed E-state index contributed by atoms with van der Waals surface area (Å²) in [7, 11) is 0. The Hall–Kier alpha value is -6.70. The van der Waals surface area contributed by atoms with E-state index in [1.165, 1.54) is 71.6 Å². The topological polar surface area (TPSA) is 13.1 Å². The third-order valence-electron chi connectivity index (χ3n) is 10.3. The van der Waals surface area contributed by atoms with Gasteiger partial charge in [0.25, 0.3) is 0 Å². The molecule has 0 bridgehead atoms. The van der Waals surface area contributed by atoms with Crippen molar-refractivity contribution in [2.45, 2.75) is 0 Å². The van der Waals surface area contributed by atoms with Crippen molar-refractivity contribution < 1.29 is 4.42 Å². The highest BCUT2D eigenvalue weighted by atomic mass is 16.3. The van der Waals surface area contributed by atoms with Gasteiger partial charge in [0.15, 0.2) is 0 Å². The van der Waals surface area contributed by atoms with Crippen LogP contribution in [0.15, 0.2) is 199 Å². The number of para-hydroxylation sites is 1. The molecule has 0 aliphatic carbocycles. The second-order valence-electron chi connectivity index (χ2n) is 13.2. The van der Waals surface area contributed by atoms with E-state index in [2.05, 4.69) is 188 Å². The average molecular weight is 649 g/mol. The first-order valence-corrected chi connectivity index (χ1v) is 17.5. The fourth-order valence-corrected chi connectivity index (χ4v) is 8.09. The minimum Gasteiger partial charge on any atom is -0.456 e. The largest absolute Gasteiger partial charge is 0.456 e. The standard InChI is InChI=1S/C50H32O/c1-3-15-33(16-4-1)37-19-7-8-20-38(37)43-31-32-46-50(44-25-13-14-26-45(44)51-46)49(43)36-29-27-35(28-30-36)48-41-23-11-9-21-39(41)47(34-17-5-2-6-18-34)40-22-10-12-24-42(40)48/h1-32H. The van der Waals surface area contributed by atoms with Gasteiger partial charge < -0.3 is 4.42 Å². The van der Waals surface area contributed by atoms with E-state index in [9.17, 15) is 0 Å². The quantitative estimate of drug-likeness (QED) is 0.169. The third kappa shape index (κ3) is 4.78. The molecular formula is C50H32O. The summed E-state index contributed by atoms with van der Waals surface area (Å²) < 4.78 is 6.46. The maximum absolute atomic E-state index is 6.46. The van der Waals surface area contributed by atoms with Crippen LogP contribution in [-0.4, -0.2) is 0 Å². The predicted molar refractivity (Wildman–Crippen MR) is 216 cm³/mol. The summed E-state index contributed by atoms with van der Waals surface area (Å²) in [5.74, 6) is 0. The van der Waals surface area contributed by atoms with Gasteiger partial charge in [0.1, 0.15) is 11.2 Å². The lowest BCUT2D eigenvalue weighted by atomic mass is 9.84. The first-order chi connectivity index (χ1) is 25.3. The molecule has 10 rings (SSSR count). The van der Waals surface area contributed by atoms with Gasteiger partial charge in [0.05, 0.1) is 0 Å². The molecule has 0 unspecified atom stereocenters. The van der Waals surface area contributed by atoms with Crippen LogP contribution in [0, 0.1) is 0 Å². The molecule has 10 aromatic rings. The van der Waals surface area contributed by atoms with Crippen LogP contribution in [0.4, 0.5) is 0 Å². The maximum Gasteiger partial charge on any atom is 0.136 e. The molecule has 0 saturated carbocycles. The minimum atomic E-state index is 0.893. The van der Waals surface area contributed by atoms with E-state index in [0.29, 0.717) is 0 Å². The summed E-state index contributed by atoms with van der Waals surface area (Å²) in [5, 5.41) is 7.29. The lowest BCUT2D eigenvalue weighted by Crippen LogP contribution is -1.92. The zero-order valence-corrected chi connectivity index (χ0v) is 27.9. The van der Waals surface area contributed by atoms with E-state index in [-0.39, 0.29) is 0 Å². The van der Waals surface area contributed by atoms with Crippen LogP contribution in [0.1, 0.15) is 0 Å². The molecule has 51 heavy (non-hydrogen) atoms. The maximum atomic E-state index is 6.46. The van der Waals surface area contributed by atoms with E-state index in [1.807, 2.05) is 6.07 Å². The Morgan fingerprint density at radius 1 is 0.235 bits per heavy atom. The highest BCUT2D eigenvalue weighted by Gasteiger charge is 2.21. The van der Waals surface area contributed by atoms with Crippen LogP contribution in [0.2, 0.25) is 0 Å². The summed E-state index contributed by atoms with van der Waals surface area (Å²) >= 11 is 0. The molecule has 9 aromatic carbocycles. The molecule has 1 heteroatoms. The molecule has 0 radical (unpaired) electrons. The lowest BCUT2D eigenvalue weighted by Gasteiger charge is -2.18. The van der Waals surface area contributed by atoms with Gasteiger partial charge in [-0.05, 0) is 89.8 Å². The van der Waals surface area contributed by atoms with Crippen LogP contribution < -0.4 is 0 Å². The molecule has 238 valence electrons. The van der Waals surface area contributed by atoms with Gasteiger partial charge >= 0.3 is 0 Å². The zero-order chi connectivity index (χ0) is 33.7. The second kappa shape index (κ2) is 12.0. The molecule has 0 fully saturated rings. The fourth-order valence-electron chi connectivity index (χ4n) is 8.09. The van der Waals surface area contributed by atoms with Crippen LogP contribution in [0.3, 0.4) is 0 Å². The van der Waals surface area contributed by atoms with Crippen molar-refractivity contribution in [2.24, 2.45) is 0 Å². The monoisotopic (exact) mass is 648 g/mol. The van der Waals surface area contributed by atoms with Gasteiger partial charge in [0.2, 0.25) is 0 Å². The van der Waals surface area contributed by atoms with Gasteiger partial charge in [-0.15, -0.1) is 0 Å². The van der Waals surface area contributed by atoms with Crippen molar-refractivity contribution in [3.63, 3.8) is 0 Å². The zero-order valence-electron chi connectivity index (χ0n) is 27.9. The number of hydrogen-bond donors (Lipinski definition) is 0. The molecule has 0 aliphatic rings. The molecule has 1 nitrogen and oxygen atoms in total. The smallest absolute Gasteiger partial charge is 0.136 e. The van der Waals surface area contributed by atoms with Crippen LogP contribution in [0.5, 0.6) is 0 Å². The number of furan rings is 1. The van der Waals surface area contributed by atoms with Crippen molar-refractivity contribution in [2.75, 3.05) is 0 Å². The summed E-state index contributed by atoms with van der Waals surface area (Å²) in [6, 6.07) is 69.9. The van der Waals surface area contributed by atoms with Crippen LogP contribution in [-0.2, 0) is 0 Å². The van der Waals surface area contributed by atoms with Gasteiger partial charge in [0, 0.05) is 16.3 Å². The second-order valence-corrected chi connectivity index (χ2v) is 13.2. The molecule has 0 amide bonds. The van der Waals surface area contributed by atoms with E-state index in [4.69, 9.17) is 4.42 Å². The highest BCUT2D eigenvalue weighted by Crippen LogP contribution is 2.47. The third-order valence-corrected chi connectivity index (χ3v) is 10.3. The normalized spacial score (nSPS) is 11.5. The summed E-state index contributed by atoms with van der Waals surface area (Å²) in [4.78, 5) is 0. The van der Waals surface area contributed by atoms with Gasteiger partial charge in [-0.1, -0.05) is 176 Å². The Labute approximate surface area is 296 Å². The van der Waals surface area contributed by atoms with Crippen LogP contribution in [0.25, 0.3) is 99.1 Å². The summed E-state index contributed by atoms with van der Waals surface area (Å²) in [5.41, 5.74) is 13.9. The molecule has 1 aromatic heterocycles. The Balaban J connectivity index is 1.22. The van der Waals surface area contributed by atoms with Crippen LogP contribution >= 0.6 is 0 Å². The molecule has 0 saturated heterocycles. The molecule has 0 N–H and O–H groups in total. The van der Waals surface area contributed by atoms with E-state index in [0.717, 1.165) is 27.5 Å². The summed E-state index contributed by atoms with van der Waals surface area (Å²) in [6.45, 7) is 0. The fraction of sp³-hybridized carbons (Fsp3) is 0. The predicted octanol–water partition coefficient (Wildman–Crippen LogP) is 14.2. The van der Waals surface area contributed by atoms with Gasteiger partial charge in [-0.3, -0.25) is 0 Å². The summed E-state index contributed by atoms with van der Waals surface area (Å²) in [6.07, 6.45) is 0. The Morgan fingerprint density at radius 2 is 0.667 bits per heavy atom. The highest BCUT2D eigenvalue weighted by molar-refractivity contribution is 6.22. The molecular weight excluding hydrogens is 617 g/mol. The molecule has 0 spiro atoms. The van der Waals surface area contributed by atoms with Crippen molar-refractivity contribution in [3.8, 4) is 55.6 Å². The lowest BCUT2D eigenvalue weighted by molar-refractivity contribution is 0.669. The minimum absolute atomic E-state index is 0.893. The van der Waals surface area contributed by atoms with Gasteiger partial charge in [-0.25, -0.2) is 0 Å². The van der Waals surface area contributed by atoms with E-state index in [1.54, 1.807) is 0 Å². The Bertz CT molecular complexity index is 2820. The van der Waals surface area contributed by atoms with Crippen molar-refractivity contribution in [3.05, 3.63) is 194 Å². The van der Waals surface area contributed by atoms with Crippen molar-refractivity contribution in [1.82, 2.24) is 0 Å². The van der Waals surface area contributed by atoms with E-state index >= 15 is 0 Å². The number of hydrogen-bond acceptors (Lipinski definition) is 1. The van der Waals surface area contributed by atoms with E-state index < -0.39 is 0 Å². The molecule has 0 atom stereocenters. The number of rotatable bonds is 5.